The molecule has 2 saturated heterocycles. The van der Waals surface area contributed by atoms with E-state index in [0.717, 1.165) is 18.6 Å². The Kier molecular flexibility index (Phi) is 2.77. The lowest BCUT2D eigenvalue weighted by Crippen LogP contribution is -2.55. The van der Waals surface area contributed by atoms with E-state index in [1.807, 2.05) is 0 Å². The molecule has 2 heterocycles. The van der Waals surface area contributed by atoms with Gasteiger partial charge in [0.05, 0.1) is 5.71 Å². The lowest BCUT2D eigenvalue weighted by molar-refractivity contribution is 0.0447. The van der Waals surface area contributed by atoms with Crippen LogP contribution in [0.1, 0.15) is 46.0 Å². The van der Waals surface area contributed by atoms with Crippen LogP contribution in [0, 0.1) is 0 Å². The van der Waals surface area contributed by atoms with E-state index >= 15 is 0 Å². The Morgan fingerprint density at radius 1 is 1.29 bits per heavy atom. The molecule has 2 rings (SSSR count). The van der Waals surface area contributed by atoms with Crippen LogP contribution in [-0.2, 0) is 0 Å². The quantitative estimate of drug-likeness (QED) is 0.515. The van der Waals surface area contributed by atoms with Crippen LogP contribution in [0.4, 0.5) is 0 Å². The summed E-state index contributed by atoms with van der Waals surface area (Å²) in [5, 5.41) is 12.3. The molecule has 0 aliphatic carbocycles. The first-order chi connectivity index (χ1) is 6.72. The summed E-state index contributed by atoms with van der Waals surface area (Å²) >= 11 is 0. The maximum absolute atomic E-state index is 8.84. The van der Waals surface area contributed by atoms with E-state index in [9.17, 15) is 0 Å². The monoisotopic (exact) mass is 196 g/mol. The molecule has 1 unspecified atom stereocenters. The standard InChI is InChI=1S/C11H20N2O/c1-8(2)13-10-4-3-5-11(13)7-9(6-10)12-14/h8,10-11,14H,3-7H2,1-2H3/t10-,11?/m1/s1. The Morgan fingerprint density at radius 2 is 1.86 bits per heavy atom. The Balaban J connectivity index is 2.15. The van der Waals surface area contributed by atoms with Gasteiger partial charge in [0.25, 0.3) is 0 Å². The Labute approximate surface area is 85.8 Å². The molecule has 0 radical (unpaired) electrons. The average molecular weight is 196 g/mol. The first-order valence-electron chi connectivity index (χ1n) is 5.69. The van der Waals surface area contributed by atoms with E-state index in [1.165, 1.54) is 19.3 Å². The number of piperidine rings is 2. The van der Waals surface area contributed by atoms with Gasteiger partial charge in [-0.1, -0.05) is 11.6 Å². The lowest BCUT2D eigenvalue weighted by Gasteiger charge is -2.48. The molecule has 1 N–H and O–H groups in total. The second-order valence-corrected chi connectivity index (χ2v) is 4.85. The second kappa shape index (κ2) is 3.89. The fraction of sp³-hybridized carbons (Fsp3) is 0.909. The molecule has 3 nitrogen and oxygen atoms in total. The lowest BCUT2D eigenvalue weighted by atomic mass is 9.82. The summed E-state index contributed by atoms with van der Waals surface area (Å²) in [4.78, 5) is 2.62. The molecular weight excluding hydrogens is 176 g/mol. The molecule has 0 amide bonds. The molecule has 80 valence electrons. The molecule has 0 spiro atoms. The van der Waals surface area contributed by atoms with Gasteiger partial charge >= 0.3 is 0 Å². The van der Waals surface area contributed by atoms with Crippen LogP contribution in [0.15, 0.2) is 5.16 Å². The molecule has 3 heteroatoms. The zero-order chi connectivity index (χ0) is 10.1. The van der Waals surface area contributed by atoms with E-state index in [1.54, 1.807) is 0 Å². The first-order valence-corrected chi connectivity index (χ1v) is 5.69. The van der Waals surface area contributed by atoms with Crippen LogP contribution < -0.4 is 0 Å². The van der Waals surface area contributed by atoms with Crippen molar-refractivity contribution in [2.45, 2.75) is 64.1 Å². The molecule has 14 heavy (non-hydrogen) atoms. The number of fused-ring (bicyclic) bond motifs is 2. The maximum atomic E-state index is 8.84. The van der Waals surface area contributed by atoms with Gasteiger partial charge < -0.3 is 5.21 Å². The molecule has 2 fully saturated rings. The summed E-state index contributed by atoms with van der Waals surface area (Å²) in [6.07, 6.45) is 5.84. The molecule has 0 aromatic heterocycles. The first kappa shape index (κ1) is 9.97. The summed E-state index contributed by atoms with van der Waals surface area (Å²) < 4.78 is 0. The largest absolute Gasteiger partial charge is 0.411 e. The minimum Gasteiger partial charge on any atom is -0.411 e. The predicted octanol–water partition coefficient (Wildman–Crippen LogP) is 2.24. The van der Waals surface area contributed by atoms with E-state index in [0.29, 0.717) is 18.1 Å². The number of hydrogen-bond acceptors (Lipinski definition) is 3. The van der Waals surface area contributed by atoms with Gasteiger partial charge in [0, 0.05) is 31.0 Å². The van der Waals surface area contributed by atoms with Crippen LogP contribution in [0.3, 0.4) is 0 Å². The van der Waals surface area contributed by atoms with E-state index < -0.39 is 0 Å². The molecule has 2 aliphatic heterocycles. The summed E-state index contributed by atoms with van der Waals surface area (Å²) in [6, 6.07) is 1.90. The highest BCUT2D eigenvalue weighted by Gasteiger charge is 2.37. The van der Waals surface area contributed by atoms with Crippen LogP contribution in [0.25, 0.3) is 0 Å². The van der Waals surface area contributed by atoms with Crippen molar-refractivity contribution < 1.29 is 5.21 Å². The van der Waals surface area contributed by atoms with Crippen molar-refractivity contribution >= 4 is 5.71 Å². The van der Waals surface area contributed by atoms with E-state index in [2.05, 4.69) is 23.9 Å². The van der Waals surface area contributed by atoms with Gasteiger partial charge in [-0.15, -0.1) is 0 Å². The highest BCUT2D eigenvalue weighted by Crippen LogP contribution is 2.34. The summed E-state index contributed by atoms with van der Waals surface area (Å²) in [6.45, 7) is 4.54. The van der Waals surface area contributed by atoms with Gasteiger partial charge in [-0.25, -0.2) is 0 Å². The average Bonchev–Trinajstić information content (AvgIpc) is 2.15. The number of rotatable bonds is 1. The fourth-order valence-electron chi connectivity index (χ4n) is 3.15. The Bertz CT molecular complexity index is 221. The van der Waals surface area contributed by atoms with Gasteiger partial charge in [0.15, 0.2) is 0 Å². The number of hydrogen-bond donors (Lipinski definition) is 1. The summed E-state index contributed by atoms with van der Waals surface area (Å²) in [7, 11) is 0. The van der Waals surface area contributed by atoms with Crippen LogP contribution in [0.5, 0.6) is 0 Å². The molecular formula is C11H20N2O. The predicted molar refractivity (Wildman–Crippen MR) is 56.9 cm³/mol. The molecule has 2 aliphatic rings. The third kappa shape index (κ3) is 1.65. The minimum atomic E-state index is 0.630. The number of nitrogens with zero attached hydrogens (tertiary/aromatic N) is 2. The third-order valence-corrected chi connectivity index (χ3v) is 3.60. The molecule has 0 aromatic rings. The Hall–Kier alpha value is -0.570. The summed E-state index contributed by atoms with van der Waals surface area (Å²) in [5.41, 5.74) is 1.01. The van der Waals surface area contributed by atoms with Crippen molar-refractivity contribution in [3.05, 3.63) is 0 Å². The molecule has 2 atom stereocenters. The van der Waals surface area contributed by atoms with Gasteiger partial charge in [-0.05, 0) is 26.7 Å². The summed E-state index contributed by atoms with van der Waals surface area (Å²) in [5.74, 6) is 0. The van der Waals surface area contributed by atoms with Gasteiger partial charge in [-0.3, -0.25) is 4.90 Å². The normalized spacial score (nSPS) is 36.6. The third-order valence-electron chi connectivity index (χ3n) is 3.60. The van der Waals surface area contributed by atoms with E-state index in [-0.39, 0.29) is 0 Å². The van der Waals surface area contributed by atoms with Crippen molar-refractivity contribution in [2.75, 3.05) is 0 Å². The highest BCUT2D eigenvalue weighted by molar-refractivity contribution is 5.85. The van der Waals surface area contributed by atoms with Gasteiger partial charge in [0.2, 0.25) is 0 Å². The van der Waals surface area contributed by atoms with Gasteiger partial charge in [0.1, 0.15) is 0 Å². The van der Waals surface area contributed by atoms with Crippen molar-refractivity contribution in [3.8, 4) is 0 Å². The fourth-order valence-corrected chi connectivity index (χ4v) is 3.15. The SMILES string of the molecule is CC(C)N1C2CCC[C@@H]1CC(=NO)C2. The smallest absolute Gasteiger partial charge is 0.0601 e. The van der Waals surface area contributed by atoms with Crippen LogP contribution in [-0.4, -0.2) is 33.9 Å². The van der Waals surface area contributed by atoms with Gasteiger partial charge in [-0.2, -0.15) is 0 Å². The zero-order valence-corrected chi connectivity index (χ0v) is 9.11. The van der Waals surface area contributed by atoms with E-state index in [4.69, 9.17) is 5.21 Å². The molecule has 0 aromatic carbocycles. The molecule has 2 bridgehead atoms. The topological polar surface area (TPSA) is 35.8 Å². The highest BCUT2D eigenvalue weighted by atomic mass is 16.4. The van der Waals surface area contributed by atoms with Crippen LogP contribution >= 0.6 is 0 Å². The minimum absolute atomic E-state index is 0.630. The maximum Gasteiger partial charge on any atom is 0.0601 e. The van der Waals surface area contributed by atoms with Crippen molar-refractivity contribution in [1.29, 1.82) is 0 Å². The van der Waals surface area contributed by atoms with Crippen LogP contribution in [0.2, 0.25) is 0 Å². The Morgan fingerprint density at radius 3 is 2.29 bits per heavy atom. The van der Waals surface area contributed by atoms with Crippen molar-refractivity contribution in [1.82, 2.24) is 4.90 Å². The zero-order valence-electron chi connectivity index (χ0n) is 9.11. The number of oxime groups is 1. The van der Waals surface area contributed by atoms with Crippen molar-refractivity contribution in [2.24, 2.45) is 5.16 Å². The van der Waals surface area contributed by atoms with Crippen molar-refractivity contribution in [3.63, 3.8) is 0 Å². The second-order valence-electron chi connectivity index (χ2n) is 4.85. The molecule has 0 saturated carbocycles.